The number of carbonyl (C=O) groups is 1. The molecule has 24 heavy (non-hydrogen) atoms. The number of hydrogen-bond donors (Lipinski definition) is 2. The highest BCUT2D eigenvalue weighted by molar-refractivity contribution is 5.68. The first-order valence-electron chi connectivity index (χ1n) is 7.45. The molecule has 2 heterocycles. The molecule has 0 aliphatic rings. The molecule has 0 atom stereocenters. The highest BCUT2D eigenvalue weighted by atomic mass is 19.1. The van der Waals surface area contributed by atoms with Gasteiger partial charge in [-0.05, 0) is 34.6 Å². The summed E-state index contributed by atoms with van der Waals surface area (Å²) in [4.78, 5) is 20.2. The van der Waals surface area contributed by atoms with Crippen molar-refractivity contribution in [3.8, 4) is 5.82 Å². The number of halogens is 1. The Labute approximate surface area is 140 Å². The van der Waals surface area contributed by atoms with Crippen molar-refractivity contribution in [1.29, 1.82) is 0 Å². The Morgan fingerprint density at radius 1 is 1.29 bits per heavy atom. The zero-order valence-electron chi connectivity index (χ0n) is 14.4. The minimum atomic E-state index is -0.808. The molecule has 0 fully saturated rings. The van der Waals surface area contributed by atoms with E-state index in [9.17, 15) is 9.18 Å². The second-order valence-electron chi connectivity index (χ2n) is 6.99. The summed E-state index contributed by atoms with van der Waals surface area (Å²) in [6.07, 6.45) is 3.83. The predicted octanol–water partition coefficient (Wildman–Crippen LogP) is 2.75. The third-order valence-corrected chi connectivity index (χ3v) is 3.12. The first-order chi connectivity index (χ1) is 11.0. The first kappa shape index (κ1) is 17.7. The van der Waals surface area contributed by atoms with Crippen LogP contribution in [-0.4, -0.2) is 26.2 Å². The van der Waals surface area contributed by atoms with Crippen molar-refractivity contribution in [3.05, 3.63) is 36.3 Å². The molecule has 0 saturated heterocycles. The summed E-state index contributed by atoms with van der Waals surface area (Å²) in [5, 5.41) is 2.75. The Bertz CT molecular complexity index is 749. The highest BCUT2D eigenvalue weighted by Crippen LogP contribution is 2.21. The van der Waals surface area contributed by atoms with Gasteiger partial charge in [0.25, 0.3) is 0 Å². The molecule has 2 aromatic heterocycles. The summed E-state index contributed by atoms with van der Waals surface area (Å²) in [6, 6.07) is 1.19. The number of pyridine rings is 1. The van der Waals surface area contributed by atoms with Gasteiger partial charge in [-0.2, -0.15) is 0 Å². The summed E-state index contributed by atoms with van der Waals surface area (Å²) in [7, 11) is 0. The Hall–Kier alpha value is -2.64. The van der Waals surface area contributed by atoms with Gasteiger partial charge in [0, 0.05) is 12.3 Å². The zero-order chi connectivity index (χ0) is 18.1. The molecule has 2 rings (SSSR count). The van der Waals surface area contributed by atoms with Gasteiger partial charge in [-0.3, -0.25) is 4.57 Å². The predicted molar refractivity (Wildman–Crippen MR) is 88.1 cm³/mol. The number of alkyl carbamates (subject to hydrolysis) is 1. The number of aromatic nitrogens is 3. The number of hydrogen-bond acceptors (Lipinski definition) is 5. The van der Waals surface area contributed by atoms with E-state index in [2.05, 4.69) is 15.3 Å². The quantitative estimate of drug-likeness (QED) is 0.899. The van der Waals surface area contributed by atoms with E-state index in [4.69, 9.17) is 10.5 Å². The fourth-order valence-corrected chi connectivity index (χ4v) is 2.02. The van der Waals surface area contributed by atoms with E-state index in [0.717, 1.165) is 0 Å². The maximum atomic E-state index is 14.0. The number of carbonyl (C=O) groups excluding carboxylic acids is 1. The van der Waals surface area contributed by atoms with Gasteiger partial charge in [0.1, 0.15) is 11.9 Å². The number of anilines is 1. The van der Waals surface area contributed by atoms with Gasteiger partial charge < -0.3 is 15.8 Å². The third kappa shape index (κ3) is 4.21. The maximum absolute atomic E-state index is 14.0. The van der Waals surface area contributed by atoms with Crippen molar-refractivity contribution in [2.45, 2.75) is 45.8 Å². The topological polar surface area (TPSA) is 95.1 Å². The van der Waals surface area contributed by atoms with Crippen molar-refractivity contribution in [1.82, 2.24) is 19.9 Å². The lowest BCUT2D eigenvalue weighted by molar-refractivity contribution is 0.0468. The molecule has 1 amide bonds. The SMILES string of the molecule is CC(C)(C)OC(=O)NC(C)(C)c1cn(-c2ncc(N)cc2F)cn1. The van der Waals surface area contributed by atoms with E-state index in [1.165, 1.54) is 23.2 Å². The van der Waals surface area contributed by atoms with E-state index in [0.29, 0.717) is 5.69 Å². The van der Waals surface area contributed by atoms with E-state index in [-0.39, 0.29) is 11.5 Å². The number of nitrogens with one attached hydrogen (secondary N) is 1. The van der Waals surface area contributed by atoms with Crippen LogP contribution in [0.15, 0.2) is 24.8 Å². The number of nitrogens with zero attached hydrogens (tertiary/aromatic N) is 3. The number of imidazole rings is 1. The van der Waals surface area contributed by atoms with Crippen LogP contribution in [0, 0.1) is 5.82 Å². The number of ether oxygens (including phenoxy) is 1. The van der Waals surface area contributed by atoms with Crippen molar-refractivity contribution in [2.24, 2.45) is 0 Å². The monoisotopic (exact) mass is 335 g/mol. The highest BCUT2D eigenvalue weighted by Gasteiger charge is 2.28. The lowest BCUT2D eigenvalue weighted by Crippen LogP contribution is -2.44. The minimum Gasteiger partial charge on any atom is -0.444 e. The van der Waals surface area contributed by atoms with Gasteiger partial charge >= 0.3 is 6.09 Å². The normalized spacial score (nSPS) is 12.1. The largest absolute Gasteiger partial charge is 0.444 e. The summed E-state index contributed by atoms with van der Waals surface area (Å²) in [5.41, 5.74) is 4.86. The number of nitrogen functional groups attached to an aromatic ring is 1. The number of rotatable bonds is 3. The molecule has 8 heteroatoms. The van der Waals surface area contributed by atoms with Gasteiger partial charge in [-0.1, -0.05) is 0 Å². The van der Waals surface area contributed by atoms with Crippen molar-refractivity contribution in [2.75, 3.05) is 5.73 Å². The van der Waals surface area contributed by atoms with Gasteiger partial charge in [0.05, 0.1) is 23.1 Å². The van der Waals surface area contributed by atoms with E-state index >= 15 is 0 Å². The van der Waals surface area contributed by atoms with Crippen LogP contribution in [0.25, 0.3) is 5.82 Å². The summed E-state index contributed by atoms with van der Waals surface area (Å²) >= 11 is 0. The minimum absolute atomic E-state index is 0.0796. The summed E-state index contributed by atoms with van der Waals surface area (Å²) in [6.45, 7) is 8.89. The number of amides is 1. The van der Waals surface area contributed by atoms with Gasteiger partial charge in [0.2, 0.25) is 0 Å². The smallest absolute Gasteiger partial charge is 0.408 e. The molecular weight excluding hydrogens is 313 g/mol. The van der Waals surface area contributed by atoms with Crippen LogP contribution in [0.2, 0.25) is 0 Å². The van der Waals surface area contributed by atoms with Crippen LogP contribution < -0.4 is 11.1 Å². The third-order valence-electron chi connectivity index (χ3n) is 3.12. The lowest BCUT2D eigenvalue weighted by Gasteiger charge is -2.27. The van der Waals surface area contributed by atoms with E-state index < -0.39 is 23.1 Å². The second kappa shape index (κ2) is 6.10. The van der Waals surface area contributed by atoms with E-state index in [1.807, 2.05) is 0 Å². The Morgan fingerprint density at radius 2 is 1.96 bits per heavy atom. The molecule has 0 saturated carbocycles. The fourth-order valence-electron chi connectivity index (χ4n) is 2.02. The molecule has 0 bridgehead atoms. The first-order valence-corrected chi connectivity index (χ1v) is 7.45. The molecule has 0 spiro atoms. The molecule has 130 valence electrons. The van der Waals surface area contributed by atoms with Crippen LogP contribution in [0.3, 0.4) is 0 Å². The molecule has 0 aromatic carbocycles. The number of nitrogens with two attached hydrogens (primary N) is 1. The Kier molecular flexibility index (Phi) is 4.50. The maximum Gasteiger partial charge on any atom is 0.408 e. The van der Waals surface area contributed by atoms with Crippen molar-refractivity contribution >= 4 is 11.8 Å². The van der Waals surface area contributed by atoms with Crippen LogP contribution >= 0.6 is 0 Å². The second-order valence-corrected chi connectivity index (χ2v) is 6.99. The van der Waals surface area contributed by atoms with E-state index in [1.54, 1.807) is 40.8 Å². The molecular formula is C16H22FN5O2. The average Bonchev–Trinajstić information content (AvgIpc) is 2.85. The van der Waals surface area contributed by atoms with Gasteiger partial charge in [0.15, 0.2) is 11.6 Å². The standard InChI is InChI=1S/C16H22FN5O2/c1-15(2,3)24-14(23)21-16(4,5)12-8-22(9-20-12)13-11(17)6-10(18)7-19-13/h6-9H,18H2,1-5H3,(H,21,23). The zero-order valence-corrected chi connectivity index (χ0v) is 14.4. The van der Waals surface area contributed by atoms with Crippen LogP contribution in [-0.2, 0) is 10.3 Å². The molecule has 2 aromatic rings. The summed E-state index contributed by atoms with van der Waals surface area (Å²) < 4.78 is 20.6. The summed E-state index contributed by atoms with van der Waals surface area (Å²) in [5.74, 6) is -0.479. The average molecular weight is 335 g/mol. The molecule has 0 aliphatic carbocycles. The van der Waals surface area contributed by atoms with Crippen LogP contribution in [0.5, 0.6) is 0 Å². The molecule has 0 aliphatic heterocycles. The van der Waals surface area contributed by atoms with Gasteiger partial charge in [-0.15, -0.1) is 0 Å². The fraction of sp³-hybridized carbons (Fsp3) is 0.438. The molecule has 3 N–H and O–H groups in total. The Balaban J connectivity index is 2.21. The molecule has 0 unspecified atom stereocenters. The lowest BCUT2D eigenvalue weighted by atomic mass is 10.0. The van der Waals surface area contributed by atoms with Crippen LogP contribution in [0.1, 0.15) is 40.3 Å². The molecule has 7 nitrogen and oxygen atoms in total. The van der Waals surface area contributed by atoms with Crippen LogP contribution in [0.4, 0.5) is 14.9 Å². The van der Waals surface area contributed by atoms with Crippen molar-refractivity contribution in [3.63, 3.8) is 0 Å². The van der Waals surface area contributed by atoms with Crippen molar-refractivity contribution < 1.29 is 13.9 Å². The van der Waals surface area contributed by atoms with Gasteiger partial charge in [-0.25, -0.2) is 19.2 Å². The molecule has 0 radical (unpaired) electrons. The Morgan fingerprint density at radius 3 is 2.54 bits per heavy atom.